The number of nitrogens with one attached hydrogen (secondary N) is 1. The minimum Gasteiger partial charge on any atom is -0.387 e. The molecule has 0 saturated carbocycles. The third-order valence-electron chi connectivity index (χ3n) is 3.72. The van der Waals surface area contributed by atoms with Gasteiger partial charge in [0.25, 0.3) is 0 Å². The maximum absolute atomic E-state index is 13.2. The fraction of sp³-hybridized carbons (Fsp3) is 0.571. The van der Waals surface area contributed by atoms with E-state index in [1.54, 1.807) is 0 Å². The lowest BCUT2D eigenvalue weighted by Gasteiger charge is -2.32. The standard InChI is InChI=1S/C14H17F4NO/c1-8-4-5-19-12(6-8)13(20)9-2-3-11(15)10(7-9)14(16,17)18/h2-3,7-8,12-13,19-20H,4-6H2,1H3. The summed E-state index contributed by atoms with van der Waals surface area (Å²) in [5, 5.41) is 13.3. The zero-order valence-corrected chi connectivity index (χ0v) is 11.0. The lowest BCUT2D eigenvalue weighted by molar-refractivity contribution is -0.140. The maximum Gasteiger partial charge on any atom is 0.419 e. The molecule has 0 aliphatic carbocycles. The van der Waals surface area contributed by atoms with Gasteiger partial charge in [-0.05, 0) is 43.0 Å². The molecule has 1 fully saturated rings. The van der Waals surface area contributed by atoms with Crippen LogP contribution in [0.25, 0.3) is 0 Å². The molecule has 112 valence electrons. The van der Waals surface area contributed by atoms with Gasteiger partial charge < -0.3 is 10.4 Å². The summed E-state index contributed by atoms with van der Waals surface area (Å²) in [5.74, 6) is -0.920. The van der Waals surface area contributed by atoms with Crippen LogP contribution in [0.1, 0.15) is 37.0 Å². The first kappa shape index (κ1) is 15.3. The van der Waals surface area contributed by atoms with E-state index >= 15 is 0 Å². The second kappa shape index (κ2) is 5.69. The molecule has 20 heavy (non-hydrogen) atoms. The van der Waals surface area contributed by atoms with Gasteiger partial charge >= 0.3 is 6.18 Å². The van der Waals surface area contributed by atoms with Crippen molar-refractivity contribution in [3.05, 3.63) is 35.1 Å². The molecule has 3 atom stereocenters. The highest BCUT2D eigenvalue weighted by molar-refractivity contribution is 5.29. The Balaban J connectivity index is 2.24. The molecule has 3 unspecified atom stereocenters. The van der Waals surface area contributed by atoms with Gasteiger partial charge in [-0.3, -0.25) is 0 Å². The van der Waals surface area contributed by atoms with Crippen molar-refractivity contribution in [2.24, 2.45) is 5.92 Å². The van der Waals surface area contributed by atoms with Gasteiger partial charge in [-0.2, -0.15) is 13.2 Å². The number of aliphatic hydroxyl groups is 1. The molecule has 1 heterocycles. The van der Waals surface area contributed by atoms with Gasteiger partial charge in [-0.1, -0.05) is 13.0 Å². The Hall–Kier alpha value is -1.14. The van der Waals surface area contributed by atoms with E-state index in [0.29, 0.717) is 18.4 Å². The van der Waals surface area contributed by atoms with Crippen molar-refractivity contribution in [2.45, 2.75) is 38.1 Å². The SMILES string of the molecule is CC1CCNC(C(O)c2ccc(F)c(C(F)(F)F)c2)C1. The molecule has 0 aromatic heterocycles. The Morgan fingerprint density at radius 3 is 2.65 bits per heavy atom. The lowest BCUT2D eigenvalue weighted by Crippen LogP contribution is -2.41. The van der Waals surface area contributed by atoms with Gasteiger partial charge in [0.2, 0.25) is 0 Å². The van der Waals surface area contributed by atoms with Crippen LogP contribution in [0.2, 0.25) is 0 Å². The molecular formula is C14H17F4NO. The normalized spacial score (nSPS) is 25.5. The molecule has 1 aromatic rings. The third-order valence-corrected chi connectivity index (χ3v) is 3.72. The van der Waals surface area contributed by atoms with Crippen molar-refractivity contribution in [3.63, 3.8) is 0 Å². The minimum atomic E-state index is -4.76. The predicted octanol–water partition coefficient (Wildman–Crippen LogP) is 3.27. The predicted molar refractivity (Wildman–Crippen MR) is 66.6 cm³/mol. The van der Waals surface area contributed by atoms with Crippen molar-refractivity contribution in [3.8, 4) is 0 Å². The number of hydrogen-bond acceptors (Lipinski definition) is 2. The van der Waals surface area contributed by atoms with Crippen LogP contribution in [-0.4, -0.2) is 17.7 Å². The quantitative estimate of drug-likeness (QED) is 0.820. The highest BCUT2D eigenvalue weighted by atomic mass is 19.4. The average Bonchev–Trinajstić information content (AvgIpc) is 2.37. The fourth-order valence-corrected chi connectivity index (χ4v) is 2.57. The van der Waals surface area contributed by atoms with Crippen molar-refractivity contribution >= 4 is 0 Å². The van der Waals surface area contributed by atoms with Crippen molar-refractivity contribution in [1.82, 2.24) is 5.32 Å². The Morgan fingerprint density at radius 1 is 1.35 bits per heavy atom. The second-order valence-corrected chi connectivity index (χ2v) is 5.37. The summed E-state index contributed by atoms with van der Waals surface area (Å²) in [6.45, 7) is 2.75. The molecular weight excluding hydrogens is 274 g/mol. The third kappa shape index (κ3) is 3.30. The number of benzene rings is 1. The molecule has 0 radical (unpaired) electrons. The van der Waals surface area contributed by atoms with E-state index in [2.05, 4.69) is 5.32 Å². The molecule has 0 bridgehead atoms. The summed E-state index contributed by atoms with van der Waals surface area (Å²) in [6, 6.07) is 2.36. The average molecular weight is 291 g/mol. The second-order valence-electron chi connectivity index (χ2n) is 5.37. The van der Waals surface area contributed by atoms with Gasteiger partial charge in [0.1, 0.15) is 5.82 Å². The van der Waals surface area contributed by atoms with Gasteiger partial charge in [0, 0.05) is 6.04 Å². The number of hydrogen-bond donors (Lipinski definition) is 2. The molecule has 1 saturated heterocycles. The van der Waals surface area contributed by atoms with Gasteiger partial charge in [0.15, 0.2) is 0 Å². The smallest absolute Gasteiger partial charge is 0.387 e. The minimum absolute atomic E-state index is 0.0883. The van der Waals surface area contributed by atoms with E-state index in [4.69, 9.17) is 0 Å². The number of piperidine rings is 1. The molecule has 2 N–H and O–H groups in total. The number of rotatable bonds is 2. The first-order valence-electron chi connectivity index (χ1n) is 6.57. The van der Waals surface area contributed by atoms with E-state index in [0.717, 1.165) is 19.0 Å². The first-order chi connectivity index (χ1) is 9.29. The summed E-state index contributed by atoms with van der Waals surface area (Å²) >= 11 is 0. The van der Waals surface area contributed by atoms with E-state index in [1.165, 1.54) is 6.07 Å². The van der Waals surface area contributed by atoms with Crippen LogP contribution in [0.15, 0.2) is 18.2 Å². The number of halogens is 4. The molecule has 2 nitrogen and oxygen atoms in total. The van der Waals surface area contributed by atoms with Crippen LogP contribution >= 0.6 is 0 Å². The van der Waals surface area contributed by atoms with Crippen LogP contribution in [0.4, 0.5) is 17.6 Å². The van der Waals surface area contributed by atoms with Gasteiger partial charge in [-0.25, -0.2) is 4.39 Å². The monoisotopic (exact) mass is 291 g/mol. The van der Waals surface area contributed by atoms with Crippen molar-refractivity contribution in [1.29, 1.82) is 0 Å². The van der Waals surface area contributed by atoms with Crippen LogP contribution in [-0.2, 0) is 6.18 Å². The number of alkyl halides is 3. The van der Waals surface area contributed by atoms with Gasteiger partial charge in [-0.15, -0.1) is 0 Å². The molecule has 0 spiro atoms. The van der Waals surface area contributed by atoms with E-state index in [-0.39, 0.29) is 11.6 Å². The lowest BCUT2D eigenvalue weighted by atomic mass is 9.88. The van der Waals surface area contributed by atoms with Gasteiger partial charge in [0.05, 0.1) is 11.7 Å². The summed E-state index contributed by atoms with van der Waals surface area (Å²) in [7, 11) is 0. The molecule has 0 amide bonds. The summed E-state index contributed by atoms with van der Waals surface area (Å²) < 4.78 is 51.2. The topological polar surface area (TPSA) is 32.3 Å². The zero-order chi connectivity index (χ0) is 14.9. The summed E-state index contributed by atoms with van der Waals surface area (Å²) in [5.41, 5.74) is -1.25. The van der Waals surface area contributed by atoms with Crippen molar-refractivity contribution < 1.29 is 22.7 Å². The van der Waals surface area contributed by atoms with Crippen molar-refractivity contribution in [2.75, 3.05) is 6.54 Å². The first-order valence-corrected chi connectivity index (χ1v) is 6.57. The van der Waals surface area contributed by atoms with Crippen LogP contribution in [0, 0.1) is 11.7 Å². The maximum atomic E-state index is 13.2. The molecule has 6 heteroatoms. The molecule has 1 aliphatic rings. The Labute approximate surface area is 114 Å². The largest absolute Gasteiger partial charge is 0.419 e. The fourth-order valence-electron chi connectivity index (χ4n) is 2.57. The van der Waals surface area contributed by atoms with E-state index in [1.807, 2.05) is 6.92 Å². The summed E-state index contributed by atoms with van der Waals surface area (Å²) in [6.07, 6.45) is -4.17. The van der Waals surface area contributed by atoms with Crippen LogP contribution in [0.3, 0.4) is 0 Å². The number of aliphatic hydroxyl groups excluding tert-OH is 1. The Bertz CT molecular complexity index is 475. The van der Waals surface area contributed by atoms with E-state index in [9.17, 15) is 22.7 Å². The van der Waals surface area contributed by atoms with E-state index < -0.39 is 23.7 Å². The Morgan fingerprint density at radius 2 is 2.05 bits per heavy atom. The zero-order valence-electron chi connectivity index (χ0n) is 11.0. The summed E-state index contributed by atoms with van der Waals surface area (Å²) in [4.78, 5) is 0. The van der Waals surface area contributed by atoms with Crippen LogP contribution in [0.5, 0.6) is 0 Å². The van der Waals surface area contributed by atoms with Crippen LogP contribution < -0.4 is 5.32 Å². The highest BCUT2D eigenvalue weighted by Gasteiger charge is 2.35. The highest BCUT2D eigenvalue weighted by Crippen LogP contribution is 2.34. The molecule has 1 aliphatic heterocycles. The Kier molecular flexibility index (Phi) is 4.34. The molecule has 1 aromatic carbocycles. The molecule has 2 rings (SSSR count).